The minimum atomic E-state index is 0.684. The van der Waals surface area contributed by atoms with Gasteiger partial charge in [0.05, 0.1) is 0 Å². The summed E-state index contributed by atoms with van der Waals surface area (Å²) in [6.45, 7) is 2.10. The first kappa shape index (κ1) is 9.54. The van der Waals surface area contributed by atoms with Gasteiger partial charge in [-0.1, -0.05) is 18.3 Å². The van der Waals surface area contributed by atoms with E-state index in [9.17, 15) is 0 Å². The summed E-state index contributed by atoms with van der Waals surface area (Å²) in [4.78, 5) is 0. The maximum absolute atomic E-state index is 4.97. The Bertz CT molecular complexity index is 493. The molecule has 1 N–H and O–H groups in total. The Labute approximate surface area is 90.6 Å². The lowest BCUT2D eigenvalue weighted by Crippen LogP contribution is -1.95. The molecule has 14 heavy (non-hydrogen) atoms. The third kappa shape index (κ3) is 1.62. The fourth-order valence-corrected chi connectivity index (χ4v) is 2.13. The lowest BCUT2D eigenvalue weighted by atomic mass is 10.3. The predicted molar refractivity (Wildman–Crippen MR) is 58.9 cm³/mol. The van der Waals surface area contributed by atoms with E-state index in [0.717, 1.165) is 17.1 Å². The van der Waals surface area contributed by atoms with Gasteiger partial charge in [0.25, 0.3) is 0 Å². The average molecular weight is 226 g/mol. The molecule has 0 aromatic carbocycles. The standard InChI is InChI=1S/C8H10N4S2/c1-3-5-4-6(11-12(5)2)7-9-10-8(13)14-7/h4H,3H2,1-2H3,(H,10,13). The zero-order chi connectivity index (χ0) is 10.1. The highest BCUT2D eigenvalue weighted by atomic mass is 32.1. The van der Waals surface area contributed by atoms with Crippen LogP contribution in [-0.2, 0) is 13.5 Å². The summed E-state index contributed by atoms with van der Waals surface area (Å²) in [7, 11) is 1.94. The van der Waals surface area contributed by atoms with E-state index >= 15 is 0 Å². The zero-order valence-electron chi connectivity index (χ0n) is 7.94. The van der Waals surface area contributed by atoms with Gasteiger partial charge in [0, 0.05) is 12.7 Å². The van der Waals surface area contributed by atoms with E-state index < -0.39 is 0 Å². The van der Waals surface area contributed by atoms with Crippen LogP contribution in [-0.4, -0.2) is 20.0 Å². The number of H-pyrrole nitrogens is 1. The monoisotopic (exact) mass is 226 g/mol. The summed E-state index contributed by atoms with van der Waals surface area (Å²) in [5.41, 5.74) is 2.09. The molecule has 0 amide bonds. The Hall–Kier alpha value is -1.01. The molecule has 0 bridgehead atoms. The number of hydrogen-bond donors (Lipinski definition) is 1. The minimum absolute atomic E-state index is 0.684. The Morgan fingerprint density at radius 1 is 1.64 bits per heavy atom. The Morgan fingerprint density at radius 2 is 2.43 bits per heavy atom. The number of hydrogen-bond acceptors (Lipinski definition) is 4. The molecule has 0 spiro atoms. The third-order valence-corrected chi connectivity index (χ3v) is 3.11. The van der Waals surface area contributed by atoms with Gasteiger partial charge in [-0.2, -0.15) is 10.2 Å². The van der Waals surface area contributed by atoms with Gasteiger partial charge in [-0.05, 0) is 24.7 Å². The molecule has 74 valence electrons. The van der Waals surface area contributed by atoms with E-state index in [4.69, 9.17) is 12.2 Å². The molecule has 0 saturated carbocycles. The number of aromatic amines is 1. The van der Waals surface area contributed by atoms with Crippen molar-refractivity contribution >= 4 is 23.6 Å². The number of aromatic nitrogens is 4. The Balaban J connectivity index is 2.47. The molecule has 2 aromatic heterocycles. The normalized spacial score (nSPS) is 10.7. The summed E-state index contributed by atoms with van der Waals surface area (Å²) in [6.07, 6.45) is 0.972. The van der Waals surface area contributed by atoms with Gasteiger partial charge in [-0.15, -0.1) is 0 Å². The summed E-state index contributed by atoms with van der Waals surface area (Å²) in [5.74, 6) is 0. The van der Waals surface area contributed by atoms with Crippen LogP contribution in [0.15, 0.2) is 6.07 Å². The Kier molecular flexibility index (Phi) is 2.47. The van der Waals surface area contributed by atoms with Gasteiger partial charge in [0.2, 0.25) is 0 Å². The molecule has 2 heterocycles. The van der Waals surface area contributed by atoms with Crippen molar-refractivity contribution in [1.82, 2.24) is 20.0 Å². The van der Waals surface area contributed by atoms with Crippen LogP contribution in [0.1, 0.15) is 12.6 Å². The number of nitrogens with zero attached hydrogens (tertiary/aromatic N) is 3. The van der Waals surface area contributed by atoms with Crippen molar-refractivity contribution in [1.29, 1.82) is 0 Å². The number of rotatable bonds is 2. The Morgan fingerprint density at radius 3 is 2.93 bits per heavy atom. The number of nitrogens with one attached hydrogen (secondary N) is 1. The molecule has 6 heteroatoms. The molecule has 0 atom stereocenters. The lowest BCUT2D eigenvalue weighted by Gasteiger charge is -1.92. The predicted octanol–water partition coefficient (Wildman–Crippen LogP) is 2.16. The van der Waals surface area contributed by atoms with Gasteiger partial charge < -0.3 is 0 Å². The zero-order valence-corrected chi connectivity index (χ0v) is 9.58. The van der Waals surface area contributed by atoms with Gasteiger partial charge in [0.15, 0.2) is 8.96 Å². The maximum atomic E-state index is 4.97. The van der Waals surface area contributed by atoms with Crippen molar-refractivity contribution in [2.75, 3.05) is 0 Å². The van der Waals surface area contributed by atoms with E-state index in [1.54, 1.807) is 0 Å². The molecule has 2 aromatic rings. The molecule has 2 rings (SSSR count). The fourth-order valence-electron chi connectivity index (χ4n) is 1.28. The van der Waals surface area contributed by atoms with Crippen LogP contribution in [0.25, 0.3) is 10.7 Å². The molecule has 0 unspecified atom stereocenters. The number of aryl methyl sites for hydroxylation is 2. The van der Waals surface area contributed by atoms with Crippen LogP contribution >= 0.6 is 23.6 Å². The van der Waals surface area contributed by atoms with Crippen LogP contribution < -0.4 is 0 Å². The van der Waals surface area contributed by atoms with Crippen LogP contribution in [0.3, 0.4) is 0 Å². The second kappa shape index (κ2) is 3.62. The molecular formula is C8H10N4S2. The van der Waals surface area contributed by atoms with Gasteiger partial charge >= 0.3 is 0 Å². The molecule has 0 saturated heterocycles. The van der Waals surface area contributed by atoms with E-state index in [2.05, 4.69) is 22.2 Å². The third-order valence-electron chi connectivity index (χ3n) is 2.00. The quantitative estimate of drug-likeness (QED) is 0.798. The highest BCUT2D eigenvalue weighted by molar-refractivity contribution is 7.73. The van der Waals surface area contributed by atoms with Crippen molar-refractivity contribution in [2.45, 2.75) is 13.3 Å². The first-order valence-corrected chi connectivity index (χ1v) is 5.52. The SMILES string of the molecule is CCc1cc(-c2n[nH]c(=S)s2)nn1C. The summed E-state index contributed by atoms with van der Waals surface area (Å²) in [6, 6.07) is 2.04. The van der Waals surface area contributed by atoms with Crippen LogP contribution in [0, 0.1) is 3.95 Å². The van der Waals surface area contributed by atoms with Crippen molar-refractivity contribution in [3.63, 3.8) is 0 Å². The van der Waals surface area contributed by atoms with E-state index in [1.807, 2.05) is 17.8 Å². The van der Waals surface area contributed by atoms with Crippen LogP contribution in [0.2, 0.25) is 0 Å². The minimum Gasteiger partial charge on any atom is -0.272 e. The van der Waals surface area contributed by atoms with E-state index in [-0.39, 0.29) is 0 Å². The molecular weight excluding hydrogens is 216 g/mol. The molecule has 0 aliphatic heterocycles. The van der Waals surface area contributed by atoms with Crippen molar-refractivity contribution in [2.24, 2.45) is 7.05 Å². The van der Waals surface area contributed by atoms with E-state index in [0.29, 0.717) is 3.95 Å². The molecule has 0 radical (unpaired) electrons. The van der Waals surface area contributed by atoms with Gasteiger partial charge in [-0.3, -0.25) is 9.78 Å². The molecule has 0 aliphatic rings. The summed E-state index contributed by atoms with van der Waals surface area (Å²) in [5, 5.41) is 12.1. The van der Waals surface area contributed by atoms with Crippen LogP contribution in [0.4, 0.5) is 0 Å². The fraction of sp³-hybridized carbons (Fsp3) is 0.375. The molecule has 0 fully saturated rings. The maximum Gasteiger partial charge on any atom is 0.176 e. The highest BCUT2D eigenvalue weighted by Crippen LogP contribution is 2.20. The van der Waals surface area contributed by atoms with Crippen molar-refractivity contribution in [3.05, 3.63) is 15.7 Å². The first-order valence-electron chi connectivity index (χ1n) is 4.29. The van der Waals surface area contributed by atoms with Gasteiger partial charge in [0.1, 0.15) is 5.69 Å². The molecule has 0 aliphatic carbocycles. The highest BCUT2D eigenvalue weighted by Gasteiger charge is 2.08. The average Bonchev–Trinajstić information content (AvgIpc) is 2.71. The molecule has 4 nitrogen and oxygen atoms in total. The first-order chi connectivity index (χ1) is 6.70. The second-order valence-corrected chi connectivity index (χ2v) is 4.58. The van der Waals surface area contributed by atoms with Crippen molar-refractivity contribution in [3.8, 4) is 10.7 Å². The smallest absolute Gasteiger partial charge is 0.176 e. The van der Waals surface area contributed by atoms with Gasteiger partial charge in [-0.25, -0.2) is 0 Å². The summed E-state index contributed by atoms with van der Waals surface area (Å²) < 4.78 is 2.56. The lowest BCUT2D eigenvalue weighted by molar-refractivity contribution is 0.720. The largest absolute Gasteiger partial charge is 0.272 e. The topological polar surface area (TPSA) is 46.5 Å². The van der Waals surface area contributed by atoms with E-state index in [1.165, 1.54) is 17.0 Å². The summed E-state index contributed by atoms with van der Waals surface area (Å²) >= 11 is 6.41. The second-order valence-electron chi connectivity index (χ2n) is 2.92. The van der Waals surface area contributed by atoms with Crippen molar-refractivity contribution < 1.29 is 0 Å². The van der Waals surface area contributed by atoms with Crippen LogP contribution in [0.5, 0.6) is 0 Å².